The highest BCUT2D eigenvalue weighted by Gasteiger charge is 2.27. The quantitative estimate of drug-likeness (QED) is 0.584. The highest BCUT2D eigenvalue weighted by atomic mass is 35.5. The predicted octanol–water partition coefficient (Wildman–Crippen LogP) is 3.30. The van der Waals surface area contributed by atoms with Crippen LogP contribution in [0.3, 0.4) is 0 Å². The van der Waals surface area contributed by atoms with Crippen molar-refractivity contribution in [2.75, 3.05) is 26.2 Å². The van der Waals surface area contributed by atoms with Gasteiger partial charge in [0.2, 0.25) is 17.7 Å². The van der Waals surface area contributed by atoms with E-state index in [-0.39, 0.29) is 24.1 Å². The minimum Gasteiger partial charge on any atom is -0.361 e. The molecule has 0 radical (unpaired) electrons. The van der Waals surface area contributed by atoms with Crippen molar-refractivity contribution < 1.29 is 14.4 Å². The van der Waals surface area contributed by atoms with Crippen LogP contribution in [-0.2, 0) is 20.8 Å². The number of benzene rings is 2. The van der Waals surface area contributed by atoms with Crippen molar-refractivity contribution >= 4 is 40.2 Å². The summed E-state index contributed by atoms with van der Waals surface area (Å²) in [4.78, 5) is 44.3. The smallest absolute Gasteiger partial charge is 0.227 e. The minimum absolute atomic E-state index is 0.0487. The van der Waals surface area contributed by atoms with E-state index in [0.717, 1.165) is 22.0 Å². The summed E-state index contributed by atoms with van der Waals surface area (Å²) in [6.07, 6.45) is 2.38. The van der Waals surface area contributed by atoms with Crippen LogP contribution in [0, 0.1) is 0 Å². The molecule has 0 spiro atoms. The van der Waals surface area contributed by atoms with E-state index >= 15 is 0 Å². The third-order valence-corrected chi connectivity index (χ3v) is 6.28. The van der Waals surface area contributed by atoms with Crippen LogP contribution >= 0.6 is 11.6 Å². The highest BCUT2D eigenvalue weighted by molar-refractivity contribution is 6.30. The molecule has 1 aromatic heterocycles. The standard InChI is InChI=1S/C25H27ClN4O3/c1-17(31)28-23(18-6-8-20(26)9-7-18)15-25(33)30-12-10-29(11-13-30)24(32)14-19-16-27-22-5-3-2-4-21(19)22/h2-9,16,23,27H,10-15H2,1H3,(H,28,31). The van der Waals surface area contributed by atoms with Crippen molar-refractivity contribution in [3.8, 4) is 0 Å². The van der Waals surface area contributed by atoms with Crippen LogP contribution in [0.25, 0.3) is 10.9 Å². The first-order valence-electron chi connectivity index (χ1n) is 11.0. The highest BCUT2D eigenvalue weighted by Crippen LogP contribution is 2.22. The van der Waals surface area contributed by atoms with E-state index < -0.39 is 6.04 Å². The van der Waals surface area contributed by atoms with Crippen LogP contribution in [0.5, 0.6) is 0 Å². The number of aromatic nitrogens is 1. The number of amides is 3. The fourth-order valence-electron chi connectivity index (χ4n) is 4.25. The summed E-state index contributed by atoms with van der Waals surface area (Å²) in [7, 11) is 0. The van der Waals surface area contributed by atoms with Gasteiger partial charge in [0.15, 0.2) is 0 Å². The summed E-state index contributed by atoms with van der Waals surface area (Å²) in [6.45, 7) is 3.39. The van der Waals surface area contributed by atoms with E-state index in [1.54, 1.807) is 17.0 Å². The molecule has 8 heteroatoms. The van der Waals surface area contributed by atoms with Gasteiger partial charge in [-0.25, -0.2) is 0 Å². The van der Waals surface area contributed by atoms with Crippen molar-refractivity contribution in [2.45, 2.75) is 25.8 Å². The summed E-state index contributed by atoms with van der Waals surface area (Å²) in [5, 5.41) is 4.51. The van der Waals surface area contributed by atoms with Gasteiger partial charge in [0.25, 0.3) is 0 Å². The van der Waals surface area contributed by atoms with Gasteiger partial charge in [-0.1, -0.05) is 41.9 Å². The number of halogens is 1. The number of carbonyl (C=O) groups excluding carboxylic acids is 3. The van der Waals surface area contributed by atoms with E-state index in [4.69, 9.17) is 11.6 Å². The van der Waals surface area contributed by atoms with E-state index in [2.05, 4.69) is 10.3 Å². The summed E-state index contributed by atoms with van der Waals surface area (Å²) in [5.41, 5.74) is 2.83. The van der Waals surface area contributed by atoms with Gasteiger partial charge in [0.05, 0.1) is 18.9 Å². The number of piperazine rings is 1. The Hall–Kier alpha value is -3.32. The normalized spacial score (nSPS) is 14.8. The first-order chi connectivity index (χ1) is 15.9. The zero-order chi connectivity index (χ0) is 23.4. The molecule has 2 N–H and O–H groups in total. The minimum atomic E-state index is -0.422. The third-order valence-electron chi connectivity index (χ3n) is 6.03. The number of hydrogen-bond donors (Lipinski definition) is 2. The number of fused-ring (bicyclic) bond motifs is 1. The summed E-state index contributed by atoms with van der Waals surface area (Å²) < 4.78 is 0. The number of para-hydroxylation sites is 1. The van der Waals surface area contributed by atoms with E-state index in [9.17, 15) is 14.4 Å². The second-order valence-corrected chi connectivity index (χ2v) is 8.74. The number of H-pyrrole nitrogens is 1. The lowest BCUT2D eigenvalue weighted by Crippen LogP contribution is -2.51. The Labute approximate surface area is 197 Å². The molecule has 1 saturated heterocycles. The molecule has 0 saturated carbocycles. The molecular weight excluding hydrogens is 440 g/mol. The molecule has 7 nitrogen and oxygen atoms in total. The van der Waals surface area contributed by atoms with Gasteiger partial charge in [-0.3, -0.25) is 14.4 Å². The average Bonchev–Trinajstić information content (AvgIpc) is 3.21. The summed E-state index contributed by atoms with van der Waals surface area (Å²) in [5.74, 6) is -0.188. The van der Waals surface area contributed by atoms with Crippen molar-refractivity contribution in [1.29, 1.82) is 0 Å². The average molecular weight is 467 g/mol. The van der Waals surface area contributed by atoms with Gasteiger partial charge in [-0.05, 0) is 29.3 Å². The predicted molar refractivity (Wildman–Crippen MR) is 128 cm³/mol. The van der Waals surface area contributed by atoms with Gasteiger partial charge in [-0.15, -0.1) is 0 Å². The number of carbonyl (C=O) groups is 3. The van der Waals surface area contributed by atoms with Crippen molar-refractivity contribution in [3.63, 3.8) is 0 Å². The lowest BCUT2D eigenvalue weighted by atomic mass is 10.0. The van der Waals surface area contributed by atoms with Crippen LogP contribution in [0.2, 0.25) is 5.02 Å². The molecule has 0 bridgehead atoms. The van der Waals surface area contributed by atoms with Crippen LogP contribution in [0.15, 0.2) is 54.7 Å². The lowest BCUT2D eigenvalue weighted by Gasteiger charge is -2.35. The molecule has 1 aliphatic rings. The van der Waals surface area contributed by atoms with Crippen LogP contribution < -0.4 is 5.32 Å². The van der Waals surface area contributed by atoms with Gasteiger partial charge < -0.3 is 20.1 Å². The van der Waals surface area contributed by atoms with Crippen LogP contribution in [-0.4, -0.2) is 58.7 Å². The summed E-state index contributed by atoms with van der Waals surface area (Å²) >= 11 is 5.97. The molecule has 1 unspecified atom stereocenters. The van der Waals surface area contributed by atoms with Gasteiger partial charge in [0.1, 0.15) is 0 Å². The molecule has 2 heterocycles. The van der Waals surface area contributed by atoms with E-state index in [1.807, 2.05) is 47.5 Å². The number of hydrogen-bond acceptors (Lipinski definition) is 3. The molecular formula is C25H27ClN4O3. The third kappa shape index (κ3) is 5.54. The van der Waals surface area contributed by atoms with Crippen molar-refractivity contribution in [2.24, 2.45) is 0 Å². The monoisotopic (exact) mass is 466 g/mol. The molecule has 2 aromatic carbocycles. The number of nitrogens with one attached hydrogen (secondary N) is 2. The molecule has 1 fully saturated rings. The van der Waals surface area contributed by atoms with Crippen LogP contribution in [0.4, 0.5) is 0 Å². The first kappa shape index (κ1) is 22.9. The Morgan fingerprint density at radius 2 is 1.61 bits per heavy atom. The second kappa shape index (κ2) is 10.1. The Balaban J connectivity index is 1.33. The van der Waals surface area contributed by atoms with E-state index in [1.165, 1.54) is 6.92 Å². The molecule has 33 heavy (non-hydrogen) atoms. The fraction of sp³-hybridized carbons (Fsp3) is 0.320. The fourth-order valence-corrected chi connectivity index (χ4v) is 4.38. The SMILES string of the molecule is CC(=O)NC(CC(=O)N1CCN(C(=O)Cc2c[nH]c3ccccc23)CC1)c1ccc(Cl)cc1. The van der Waals surface area contributed by atoms with Gasteiger partial charge >= 0.3 is 0 Å². The van der Waals surface area contributed by atoms with Crippen molar-refractivity contribution in [1.82, 2.24) is 20.1 Å². The van der Waals surface area contributed by atoms with E-state index in [0.29, 0.717) is 37.6 Å². The maximum Gasteiger partial charge on any atom is 0.227 e. The molecule has 1 atom stereocenters. The van der Waals surface area contributed by atoms with Crippen LogP contribution in [0.1, 0.15) is 30.5 Å². The number of nitrogens with zero attached hydrogens (tertiary/aromatic N) is 2. The maximum atomic E-state index is 13.0. The topological polar surface area (TPSA) is 85.5 Å². The molecule has 0 aliphatic carbocycles. The van der Waals surface area contributed by atoms with Crippen molar-refractivity contribution in [3.05, 3.63) is 70.9 Å². The molecule has 4 rings (SSSR count). The molecule has 172 valence electrons. The largest absolute Gasteiger partial charge is 0.361 e. The molecule has 3 amide bonds. The Kier molecular flexibility index (Phi) is 6.99. The Bertz CT molecular complexity index is 1150. The summed E-state index contributed by atoms with van der Waals surface area (Å²) in [6, 6.07) is 14.6. The number of rotatable bonds is 6. The number of aromatic amines is 1. The second-order valence-electron chi connectivity index (χ2n) is 8.31. The lowest BCUT2D eigenvalue weighted by molar-refractivity contribution is -0.139. The zero-order valence-electron chi connectivity index (χ0n) is 18.5. The van der Waals surface area contributed by atoms with Gasteiger partial charge in [-0.2, -0.15) is 0 Å². The molecule has 1 aliphatic heterocycles. The Morgan fingerprint density at radius 1 is 0.970 bits per heavy atom. The first-order valence-corrected chi connectivity index (χ1v) is 11.4. The molecule has 3 aromatic rings. The maximum absolute atomic E-state index is 13.0. The zero-order valence-corrected chi connectivity index (χ0v) is 19.3. The van der Waals surface area contributed by atoms with Gasteiger partial charge in [0, 0.05) is 55.2 Å². The Morgan fingerprint density at radius 3 is 2.27 bits per heavy atom.